The maximum atomic E-state index is 6.98. The minimum absolute atomic E-state index is 0.0818. The molecule has 0 heterocycles. The van der Waals surface area contributed by atoms with E-state index in [1.807, 2.05) is 0 Å². The van der Waals surface area contributed by atoms with Gasteiger partial charge in [0, 0.05) is 52.9 Å². The summed E-state index contributed by atoms with van der Waals surface area (Å²) in [7, 11) is -8.48. The molecule has 4 radical (unpaired) electrons. The summed E-state index contributed by atoms with van der Waals surface area (Å²) in [5.41, 5.74) is -0.654. The van der Waals surface area contributed by atoms with Crippen molar-refractivity contribution < 1.29 is 35.4 Å². The lowest BCUT2D eigenvalue weighted by Gasteiger charge is -2.33. The van der Waals surface area contributed by atoms with E-state index >= 15 is 0 Å². The summed E-state index contributed by atoms with van der Waals surface area (Å²) in [5, 5.41) is 3.96. The van der Waals surface area contributed by atoms with Gasteiger partial charge in [-0.3, -0.25) is 0 Å². The average Bonchev–Trinajstić information content (AvgIpc) is 2.97. The van der Waals surface area contributed by atoms with Gasteiger partial charge in [0.15, 0.2) is 0 Å². The average molecular weight is 884 g/mol. The lowest BCUT2D eigenvalue weighted by atomic mass is 9.99. The maximum Gasteiger partial charge on any atom is 0.423 e. The molecule has 0 unspecified atom stereocenters. The molecule has 0 aliphatic rings. The van der Waals surface area contributed by atoms with Crippen molar-refractivity contribution in [2.24, 2.45) is 43.3 Å². The van der Waals surface area contributed by atoms with Crippen molar-refractivity contribution in [2.75, 3.05) is 52.9 Å². The second-order valence-corrected chi connectivity index (χ2v) is 32.7. The van der Waals surface area contributed by atoms with Crippen LogP contribution < -0.4 is 20.7 Å². The van der Waals surface area contributed by atoms with E-state index in [9.17, 15) is 0 Å². The third-order valence-corrected chi connectivity index (χ3v) is 14.3. The third-order valence-electron chi connectivity index (χ3n) is 7.13. The van der Waals surface area contributed by atoms with Crippen molar-refractivity contribution in [3.63, 3.8) is 0 Å². The van der Waals surface area contributed by atoms with Gasteiger partial charge in [0.05, 0.1) is 0 Å². The van der Waals surface area contributed by atoms with Crippen molar-refractivity contribution in [3.05, 3.63) is 12.1 Å². The third kappa shape index (κ3) is 26.3. The smallest absolute Gasteiger partial charge is 0.389 e. The van der Waals surface area contributed by atoms with Crippen molar-refractivity contribution in [1.29, 1.82) is 0 Å². The van der Waals surface area contributed by atoms with Gasteiger partial charge in [0.2, 0.25) is 0 Å². The maximum absolute atomic E-state index is 6.98. The molecule has 1 rings (SSSR count). The Kier molecular flexibility index (Phi) is 21.1. The van der Waals surface area contributed by atoms with Crippen LogP contribution in [-0.2, 0) is 35.4 Å². The minimum atomic E-state index is -2.12. The Bertz CT molecular complexity index is 1070. The van der Waals surface area contributed by atoms with E-state index in [4.69, 9.17) is 35.4 Å². The van der Waals surface area contributed by atoms with Crippen LogP contribution in [0.5, 0.6) is 0 Å². The van der Waals surface area contributed by atoms with Gasteiger partial charge in [0.25, 0.3) is 0 Å². The zero-order valence-corrected chi connectivity index (χ0v) is 46.1. The molecule has 0 atom stereocenters. The van der Waals surface area contributed by atoms with Crippen LogP contribution in [0.4, 0.5) is 0 Å². The second-order valence-electron chi connectivity index (χ2n) is 25.9. The van der Waals surface area contributed by atoms with Crippen LogP contribution in [-0.4, -0.2) is 90.0 Å². The van der Waals surface area contributed by atoms with Crippen molar-refractivity contribution >= 4 is 57.9 Å². The van der Waals surface area contributed by atoms with Crippen LogP contribution in [0.25, 0.3) is 0 Å². The van der Waals surface area contributed by atoms with E-state index in [1.54, 1.807) is 0 Å². The zero-order valence-electron chi connectivity index (χ0n) is 42.1. The van der Waals surface area contributed by atoms with Gasteiger partial charge in [-0.2, -0.15) is 0 Å². The molecule has 0 aliphatic carbocycles. The van der Waals surface area contributed by atoms with E-state index < -0.39 is 37.1 Å². The van der Waals surface area contributed by atoms with Crippen LogP contribution in [0.2, 0.25) is 0 Å². The standard InChI is InChI=1S/C46H90O8Si4/c1-39(2,3)27-47-55(48-28-40(4,5)6)35-25-37(57(51-31-43(13,14)15)52-32-44(16,17)18)38(58(53-33-45(19,20)21)54-34-46(22,23)24)26-36(35)56(49-29-41(7,8)9)50-30-42(10,11)12/h25-26H,27-34H2,1-24H3. The Balaban J connectivity index is 4.62. The van der Waals surface area contributed by atoms with Crippen molar-refractivity contribution in [3.8, 4) is 0 Å². The lowest BCUT2D eigenvalue weighted by molar-refractivity contribution is 0.116. The first-order valence-electron chi connectivity index (χ1n) is 21.4. The summed E-state index contributed by atoms with van der Waals surface area (Å²) in [4.78, 5) is 0. The number of hydrogen-bond donors (Lipinski definition) is 0. The molecule has 338 valence electrons. The van der Waals surface area contributed by atoms with Crippen molar-refractivity contribution in [1.82, 2.24) is 0 Å². The summed E-state index contributed by atoms with van der Waals surface area (Å²) in [6.45, 7) is 57.2. The highest BCUT2D eigenvalue weighted by molar-refractivity contribution is 6.79. The first kappa shape index (κ1) is 55.8. The molecule has 0 aromatic heterocycles. The fraction of sp³-hybridized carbons (Fsp3) is 0.870. The fourth-order valence-electron chi connectivity index (χ4n) is 4.32. The summed E-state index contributed by atoms with van der Waals surface area (Å²) in [5.74, 6) is 0. The lowest BCUT2D eigenvalue weighted by Crippen LogP contribution is -2.63. The van der Waals surface area contributed by atoms with Gasteiger partial charge < -0.3 is 35.4 Å². The number of hydrogen-bond acceptors (Lipinski definition) is 8. The summed E-state index contributed by atoms with van der Waals surface area (Å²) in [6, 6.07) is 4.56. The molecular formula is C46H90O8Si4. The quantitative estimate of drug-likeness (QED) is 0.120. The molecule has 1 aromatic carbocycles. The van der Waals surface area contributed by atoms with Gasteiger partial charge in [0.1, 0.15) is 0 Å². The first-order chi connectivity index (χ1) is 25.7. The summed E-state index contributed by atoms with van der Waals surface area (Å²) < 4.78 is 55.8. The number of benzene rings is 1. The largest absolute Gasteiger partial charge is 0.423 e. The second kappa shape index (κ2) is 21.9. The van der Waals surface area contributed by atoms with Crippen LogP contribution in [0.3, 0.4) is 0 Å². The Morgan fingerprint density at radius 1 is 0.241 bits per heavy atom. The molecule has 0 bridgehead atoms. The molecule has 0 amide bonds. The SMILES string of the molecule is CC(C)(C)CO[Si](OCC(C)(C)C)c1cc([Si](OCC(C)(C)C)OCC(C)(C)C)c([Si](OCC(C)(C)C)OCC(C)(C)C)cc1[Si](OCC(C)(C)C)OCC(C)(C)C. The van der Waals surface area contributed by atoms with E-state index in [2.05, 4.69) is 178 Å². The monoisotopic (exact) mass is 883 g/mol. The van der Waals surface area contributed by atoms with E-state index in [-0.39, 0.29) is 43.3 Å². The Morgan fingerprint density at radius 2 is 0.345 bits per heavy atom. The predicted molar refractivity (Wildman–Crippen MR) is 251 cm³/mol. The van der Waals surface area contributed by atoms with Gasteiger partial charge >= 0.3 is 37.1 Å². The summed E-state index contributed by atoms with van der Waals surface area (Å²) in [6.07, 6.45) is 0. The molecule has 0 fully saturated rings. The molecule has 58 heavy (non-hydrogen) atoms. The van der Waals surface area contributed by atoms with Crippen molar-refractivity contribution in [2.45, 2.75) is 166 Å². The Hall–Kier alpha value is -0.232. The van der Waals surface area contributed by atoms with E-state index in [0.29, 0.717) is 52.9 Å². The molecule has 12 heteroatoms. The van der Waals surface area contributed by atoms with Crippen LogP contribution in [0.15, 0.2) is 12.1 Å². The molecule has 0 aliphatic heterocycles. The van der Waals surface area contributed by atoms with E-state index in [0.717, 1.165) is 20.7 Å². The predicted octanol–water partition coefficient (Wildman–Crippen LogP) is 8.97. The molecule has 8 nitrogen and oxygen atoms in total. The van der Waals surface area contributed by atoms with Gasteiger partial charge in [-0.15, -0.1) is 0 Å². The highest BCUT2D eigenvalue weighted by Gasteiger charge is 2.41. The molecule has 0 saturated heterocycles. The Morgan fingerprint density at radius 3 is 0.431 bits per heavy atom. The molecule has 0 spiro atoms. The summed E-state index contributed by atoms with van der Waals surface area (Å²) >= 11 is 0. The highest BCUT2D eigenvalue weighted by Crippen LogP contribution is 2.22. The minimum Gasteiger partial charge on any atom is -0.389 e. The zero-order chi connectivity index (χ0) is 45.3. The van der Waals surface area contributed by atoms with Crippen LogP contribution in [0, 0.1) is 43.3 Å². The van der Waals surface area contributed by atoms with Gasteiger partial charge in [-0.05, 0) is 64.1 Å². The molecule has 0 N–H and O–H groups in total. The normalized spacial score (nSPS) is 14.6. The highest BCUT2D eigenvalue weighted by atomic mass is 28.3. The fourth-order valence-corrected chi connectivity index (χ4v) is 14.1. The molecule has 0 saturated carbocycles. The van der Waals surface area contributed by atoms with Gasteiger partial charge in [-0.1, -0.05) is 178 Å². The Labute approximate surface area is 366 Å². The topological polar surface area (TPSA) is 73.8 Å². The number of rotatable bonds is 20. The van der Waals surface area contributed by atoms with Crippen LogP contribution >= 0.6 is 0 Å². The molecular weight excluding hydrogens is 793 g/mol. The molecule has 1 aromatic rings. The van der Waals surface area contributed by atoms with Crippen LogP contribution in [0.1, 0.15) is 166 Å². The van der Waals surface area contributed by atoms with Gasteiger partial charge in [-0.25, -0.2) is 0 Å². The first-order valence-corrected chi connectivity index (χ1v) is 26.7. The van der Waals surface area contributed by atoms with E-state index in [1.165, 1.54) is 0 Å².